The molecule has 2 atom stereocenters. The van der Waals surface area contributed by atoms with Crippen LogP contribution in [0.4, 0.5) is 0 Å². The third-order valence-corrected chi connectivity index (χ3v) is 3.28. The fraction of sp³-hybridized carbons (Fsp3) is 0.833. The number of piperidine rings is 1. The Balaban J connectivity index is 2.67. The average molecular weight is 242 g/mol. The lowest BCUT2D eigenvalue weighted by molar-refractivity contribution is -0.146. The van der Waals surface area contributed by atoms with Gasteiger partial charge in [-0.2, -0.15) is 0 Å². The van der Waals surface area contributed by atoms with Crippen molar-refractivity contribution in [2.45, 2.75) is 39.7 Å². The molecule has 0 spiro atoms. The Morgan fingerprint density at radius 1 is 1.41 bits per heavy atom. The van der Waals surface area contributed by atoms with Gasteiger partial charge in [0.2, 0.25) is 5.91 Å². The third kappa shape index (κ3) is 3.43. The summed E-state index contributed by atoms with van der Waals surface area (Å²) < 4.78 is 0. The molecule has 0 unspecified atom stereocenters. The monoisotopic (exact) mass is 242 g/mol. The highest BCUT2D eigenvalue weighted by molar-refractivity contribution is 5.83. The number of carbonyl (C=O) groups excluding carboxylic acids is 1. The van der Waals surface area contributed by atoms with E-state index < -0.39 is 17.9 Å². The van der Waals surface area contributed by atoms with Crippen molar-refractivity contribution in [3.05, 3.63) is 0 Å². The van der Waals surface area contributed by atoms with Crippen LogP contribution >= 0.6 is 0 Å². The summed E-state index contributed by atoms with van der Waals surface area (Å²) in [6, 6.07) is -0.574. The zero-order valence-corrected chi connectivity index (χ0v) is 10.8. The molecule has 1 fully saturated rings. The minimum Gasteiger partial charge on any atom is -0.481 e. The summed E-state index contributed by atoms with van der Waals surface area (Å²) in [7, 11) is 0. The lowest BCUT2D eigenvalue weighted by atomic mass is 9.86. The lowest BCUT2D eigenvalue weighted by Crippen LogP contribution is -2.53. The van der Waals surface area contributed by atoms with Crippen LogP contribution in [0, 0.1) is 11.3 Å². The number of aliphatic carboxylic acids is 1. The highest BCUT2D eigenvalue weighted by atomic mass is 16.4. The Morgan fingerprint density at radius 3 is 2.47 bits per heavy atom. The second-order valence-electron chi connectivity index (χ2n) is 5.81. The predicted molar refractivity (Wildman–Crippen MR) is 64.4 cm³/mol. The maximum absolute atomic E-state index is 12.1. The van der Waals surface area contributed by atoms with E-state index in [-0.39, 0.29) is 17.9 Å². The van der Waals surface area contributed by atoms with E-state index in [4.69, 9.17) is 10.8 Å². The number of hydrogen-bond acceptors (Lipinski definition) is 3. The van der Waals surface area contributed by atoms with Crippen LogP contribution in [0.15, 0.2) is 0 Å². The third-order valence-electron chi connectivity index (χ3n) is 3.28. The Hall–Kier alpha value is -1.10. The van der Waals surface area contributed by atoms with Gasteiger partial charge < -0.3 is 15.7 Å². The molecule has 0 saturated carbocycles. The van der Waals surface area contributed by atoms with Gasteiger partial charge in [0, 0.05) is 13.1 Å². The maximum atomic E-state index is 12.1. The largest absolute Gasteiger partial charge is 0.481 e. The number of amides is 1. The number of carboxylic acid groups (broad SMARTS) is 1. The summed E-state index contributed by atoms with van der Waals surface area (Å²) in [6.07, 6.45) is 1.38. The van der Waals surface area contributed by atoms with Gasteiger partial charge >= 0.3 is 5.97 Å². The van der Waals surface area contributed by atoms with Crippen molar-refractivity contribution in [1.29, 1.82) is 0 Å². The summed E-state index contributed by atoms with van der Waals surface area (Å²) in [5, 5.41) is 8.97. The first-order chi connectivity index (χ1) is 7.73. The average Bonchev–Trinajstić information content (AvgIpc) is 2.26. The summed E-state index contributed by atoms with van der Waals surface area (Å²) in [6.45, 7) is 6.64. The number of likely N-dealkylation sites (tertiary alicyclic amines) is 1. The Kier molecular flexibility index (Phi) is 4.14. The Bertz CT molecular complexity index is 309. The van der Waals surface area contributed by atoms with E-state index in [1.807, 2.05) is 20.8 Å². The fourth-order valence-electron chi connectivity index (χ4n) is 1.95. The first kappa shape index (κ1) is 14.0. The van der Waals surface area contributed by atoms with Gasteiger partial charge in [-0.15, -0.1) is 0 Å². The van der Waals surface area contributed by atoms with Crippen LogP contribution in [-0.4, -0.2) is 41.0 Å². The summed E-state index contributed by atoms with van der Waals surface area (Å²) >= 11 is 0. The topological polar surface area (TPSA) is 83.6 Å². The van der Waals surface area contributed by atoms with Crippen LogP contribution in [0.3, 0.4) is 0 Å². The number of hydrogen-bond donors (Lipinski definition) is 2. The molecule has 3 N–H and O–H groups in total. The quantitative estimate of drug-likeness (QED) is 0.746. The molecule has 0 radical (unpaired) electrons. The molecular formula is C12H22N2O3. The molecule has 1 aliphatic rings. The van der Waals surface area contributed by atoms with E-state index >= 15 is 0 Å². The normalized spacial score (nSPS) is 23.3. The maximum Gasteiger partial charge on any atom is 0.308 e. The number of carboxylic acids is 1. The van der Waals surface area contributed by atoms with Crippen molar-refractivity contribution in [2.75, 3.05) is 13.1 Å². The van der Waals surface area contributed by atoms with Gasteiger partial charge in [0.1, 0.15) is 0 Å². The molecule has 5 nitrogen and oxygen atoms in total. The highest BCUT2D eigenvalue weighted by Crippen LogP contribution is 2.22. The number of carbonyl (C=O) groups is 2. The molecule has 17 heavy (non-hydrogen) atoms. The van der Waals surface area contributed by atoms with Crippen molar-refractivity contribution in [3.63, 3.8) is 0 Å². The first-order valence-electron chi connectivity index (χ1n) is 6.00. The zero-order valence-electron chi connectivity index (χ0n) is 10.8. The second-order valence-corrected chi connectivity index (χ2v) is 5.81. The van der Waals surface area contributed by atoms with Gasteiger partial charge in [-0.1, -0.05) is 20.8 Å². The SMILES string of the molecule is CC(C)(C)[C@H](N)C(=O)N1CCC[C@H](C(=O)O)C1. The van der Waals surface area contributed by atoms with Crippen LogP contribution in [0.1, 0.15) is 33.6 Å². The van der Waals surface area contributed by atoms with Gasteiger partial charge in [0.15, 0.2) is 0 Å². The Morgan fingerprint density at radius 2 is 2.00 bits per heavy atom. The van der Waals surface area contributed by atoms with E-state index in [2.05, 4.69) is 0 Å². The van der Waals surface area contributed by atoms with Gasteiger partial charge in [0.25, 0.3) is 0 Å². The molecule has 98 valence electrons. The van der Waals surface area contributed by atoms with Crippen LogP contribution in [-0.2, 0) is 9.59 Å². The minimum absolute atomic E-state index is 0.136. The second kappa shape index (κ2) is 5.04. The van der Waals surface area contributed by atoms with E-state index in [1.54, 1.807) is 4.90 Å². The molecule has 0 aromatic rings. The van der Waals surface area contributed by atoms with E-state index in [0.717, 1.165) is 6.42 Å². The van der Waals surface area contributed by atoms with Crippen LogP contribution in [0.25, 0.3) is 0 Å². The lowest BCUT2D eigenvalue weighted by Gasteiger charge is -2.36. The van der Waals surface area contributed by atoms with Crippen LogP contribution in [0.2, 0.25) is 0 Å². The van der Waals surface area contributed by atoms with Crippen molar-refractivity contribution in [3.8, 4) is 0 Å². The van der Waals surface area contributed by atoms with E-state index in [1.165, 1.54) is 0 Å². The molecule has 0 aromatic carbocycles. The van der Waals surface area contributed by atoms with Crippen molar-refractivity contribution < 1.29 is 14.7 Å². The molecule has 0 aliphatic carbocycles. The molecule has 1 heterocycles. The van der Waals surface area contributed by atoms with Gasteiger partial charge in [-0.3, -0.25) is 9.59 Å². The van der Waals surface area contributed by atoms with E-state index in [9.17, 15) is 9.59 Å². The molecule has 0 bridgehead atoms. The Labute approximate surface area is 102 Å². The highest BCUT2D eigenvalue weighted by Gasteiger charge is 2.34. The molecule has 5 heteroatoms. The number of nitrogens with zero attached hydrogens (tertiary/aromatic N) is 1. The molecule has 0 aromatic heterocycles. The van der Waals surface area contributed by atoms with Gasteiger partial charge in [-0.05, 0) is 18.3 Å². The minimum atomic E-state index is -0.827. The molecule has 1 saturated heterocycles. The summed E-state index contributed by atoms with van der Waals surface area (Å²) in [5.74, 6) is -1.41. The molecule has 1 amide bonds. The van der Waals surface area contributed by atoms with Gasteiger partial charge in [-0.25, -0.2) is 0 Å². The van der Waals surface area contributed by atoms with Crippen molar-refractivity contribution in [2.24, 2.45) is 17.1 Å². The molecule has 1 aliphatic heterocycles. The summed E-state index contributed by atoms with van der Waals surface area (Å²) in [5.41, 5.74) is 5.61. The van der Waals surface area contributed by atoms with Crippen LogP contribution in [0.5, 0.6) is 0 Å². The van der Waals surface area contributed by atoms with Crippen molar-refractivity contribution >= 4 is 11.9 Å². The van der Waals surface area contributed by atoms with Gasteiger partial charge in [0.05, 0.1) is 12.0 Å². The summed E-state index contributed by atoms with van der Waals surface area (Å²) in [4.78, 5) is 24.6. The van der Waals surface area contributed by atoms with Crippen LogP contribution < -0.4 is 5.73 Å². The molecular weight excluding hydrogens is 220 g/mol. The number of rotatable bonds is 2. The zero-order chi connectivity index (χ0) is 13.2. The smallest absolute Gasteiger partial charge is 0.308 e. The first-order valence-corrected chi connectivity index (χ1v) is 6.00. The van der Waals surface area contributed by atoms with Crippen molar-refractivity contribution in [1.82, 2.24) is 4.90 Å². The van der Waals surface area contributed by atoms with E-state index in [0.29, 0.717) is 13.0 Å². The predicted octanol–water partition coefficient (Wildman–Crippen LogP) is 0.683. The fourth-order valence-corrected chi connectivity index (χ4v) is 1.95. The number of nitrogens with two attached hydrogens (primary N) is 1. The molecule has 1 rings (SSSR count). The standard InChI is InChI=1S/C12H22N2O3/c1-12(2,3)9(13)10(15)14-6-4-5-8(7-14)11(16)17/h8-9H,4-7,13H2,1-3H3,(H,16,17)/t8-,9+/m0/s1.